The zero-order chi connectivity index (χ0) is 10.7. The first kappa shape index (κ1) is 9.92. The van der Waals surface area contributed by atoms with Crippen LogP contribution in [-0.2, 0) is 6.42 Å². The maximum absolute atomic E-state index is 5.64. The number of rotatable bonds is 4. The molecule has 0 aromatic carbocycles. The van der Waals surface area contributed by atoms with Crippen LogP contribution in [0.2, 0.25) is 0 Å². The molecule has 5 nitrogen and oxygen atoms in total. The fourth-order valence-electron chi connectivity index (χ4n) is 1.22. The first-order chi connectivity index (χ1) is 7.25. The summed E-state index contributed by atoms with van der Waals surface area (Å²) in [4.78, 5) is 4.23. The van der Waals surface area contributed by atoms with Gasteiger partial charge in [-0.25, -0.2) is 0 Å². The predicted octanol–water partition coefficient (Wildman–Crippen LogP) is 1.61. The predicted molar refractivity (Wildman–Crippen MR) is 54.0 cm³/mol. The van der Waals surface area contributed by atoms with Crippen molar-refractivity contribution >= 4 is 0 Å². The first-order valence-electron chi connectivity index (χ1n) is 4.86. The Kier molecular flexibility index (Phi) is 2.82. The van der Waals surface area contributed by atoms with E-state index in [1.165, 1.54) is 0 Å². The Morgan fingerprint density at radius 2 is 2.40 bits per heavy atom. The van der Waals surface area contributed by atoms with Crippen molar-refractivity contribution in [3.8, 4) is 11.4 Å². The highest BCUT2D eigenvalue weighted by Gasteiger charge is 2.09. The lowest BCUT2D eigenvalue weighted by Gasteiger charge is -1.99. The Balaban J connectivity index is 2.04. The summed E-state index contributed by atoms with van der Waals surface area (Å²) < 4.78 is 10.0. The minimum absolute atomic E-state index is 0.147. The molecule has 5 heteroatoms. The number of hydrogen-bond donors (Lipinski definition) is 1. The molecule has 0 amide bonds. The molecule has 2 N–H and O–H groups in total. The van der Waals surface area contributed by atoms with Gasteiger partial charge in [-0.3, -0.25) is 0 Å². The third-order valence-electron chi connectivity index (χ3n) is 2.06. The normalized spacial score (nSPS) is 12.9. The number of nitrogens with zero attached hydrogens (tertiary/aromatic N) is 2. The highest BCUT2D eigenvalue weighted by Crippen LogP contribution is 2.16. The van der Waals surface area contributed by atoms with Gasteiger partial charge in [-0.2, -0.15) is 4.98 Å². The molecule has 15 heavy (non-hydrogen) atoms. The summed E-state index contributed by atoms with van der Waals surface area (Å²) in [7, 11) is 0. The monoisotopic (exact) mass is 207 g/mol. The fourth-order valence-corrected chi connectivity index (χ4v) is 1.22. The Bertz CT molecular complexity index is 406. The van der Waals surface area contributed by atoms with E-state index < -0.39 is 0 Å². The van der Waals surface area contributed by atoms with E-state index in [9.17, 15) is 0 Å². The molecule has 0 fully saturated rings. The second-order valence-corrected chi connectivity index (χ2v) is 3.54. The van der Waals surface area contributed by atoms with Gasteiger partial charge in [0.25, 0.3) is 0 Å². The molecule has 1 atom stereocenters. The van der Waals surface area contributed by atoms with Gasteiger partial charge in [0.05, 0.1) is 11.8 Å². The third-order valence-corrected chi connectivity index (χ3v) is 2.06. The van der Waals surface area contributed by atoms with Gasteiger partial charge in [-0.1, -0.05) is 5.16 Å². The van der Waals surface area contributed by atoms with Crippen molar-refractivity contribution in [2.45, 2.75) is 25.8 Å². The van der Waals surface area contributed by atoms with Crippen LogP contribution in [0, 0.1) is 0 Å². The standard InChI is InChI=1S/C10H13N3O2/c1-7(11)2-3-9-12-10(13-15-9)8-4-5-14-6-8/h4-7H,2-3,11H2,1H3. The summed E-state index contributed by atoms with van der Waals surface area (Å²) in [5.74, 6) is 1.17. The topological polar surface area (TPSA) is 78.1 Å². The number of hydrogen-bond acceptors (Lipinski definition) is 5. The molecule has 0 aliphatic rings. The number of furan rings is 1. The van der Waals surface area contributed by atoms with Crippen LogP contribution in [0.4, 0.5) is 0 Å². The van der Waals surface area contributed by atoms with Gasteiger partial charge in [0.15, 0.2) is 0 Å². The van der Waals surface area contributed by atoms with Gasteiger partial charge in [0.2, 0.25) is 11.7 Å². The highest BCUT2D eigenvalue weighted by atomic mass is 16.5. The van der Waals surface area contributed by atoms with Gasteiger partial charge in [-0.05, 0) is 19.4 Å². The SMILES string of the molecule is CC(N)CCc1nc(-c2ccoc2)no1. The quantitative estimate of drug-likeness (QED) is 0.823. The Hall–Kier alpha value is -1.62. The van der Waals surface area contributed by atoms with Crippen LogP contribution in [0.1, 0.15) is 19.2 Å². The van der Waals surface area contributed by atoms with E-state index in [-0.39, 0.29) is 6.04 Å². The molecule has 2 aromatic heterocycles. The van der Waals surface area contributed by atoms with Gasteiger partial charge in [0.1, 0.15) is 6.26 Å². The zero-order valence-electron chi connectivity index (χ0n) is 8.51. The smallest absolute Gasteiger partial charge is 0.227 e. The van der Waals surface area contributed by atoms with Crippen LogP contribution in [0.5, 0.6) is 0 Å². The highest BCUT2D eigenvalue weighted by molar-refractivity contribution is 5.51. The van der Waals surface area contributed by atoms with E-state index in [0.29, 0.717) is 18.1 Å². The molecule has 0 saturated heterocycles. The number of aromatic nitrogens is 2. The summed E-state index contributed by atoms with van der Waals surface area (Å²) >= 11 is 0. The van der Waals surface area contributed by atoms with Gasteiger partial charge in [0, 0.05) is 12.5 Å². The first-order valence-corrected chi connectivity index (χ1v) is 4.86. The van der Waals surface area contributed by atoms with Gasteiger partial charge >= 0.3 is 0 Å². The average Bonchev–Trinajstić information content (AvgIpc) is 2.85. The summed E-state index contributed by atoms with van der Waals surface area (Å²) in [5.41, 5.74) is 6.46. The van der Waals surface area contributed by atoms with Gasteiger partial charge < -0.3 is 14.7 Å². The molecule has 80 valence electrons. The summed E-state index contributed by atoms with van der Waals surface area (Å²) in [6.07, 6.45) is 4.71. The van der Waals surface area contributed by atoms with Crippen molar-refractivity contribution < 1.29 is 8.94 Å². The van der Waals surface area contributed by atoms with Crippen molar-refractivity contribution in [2.24, 2.45) is 5.73 Å². The lowest BCUT2D eigenvalue weighted by molar-refractivity contribution is 0.372. The Morgan fingerprint density at radius 3 is 3.07 bits per heavy atom. The van der Waals surface area contributed by atoms with Crippen LogP contribution in [0.25, 0.3) is 11.4 Å². The van der Waals surface area contributed by atoms with Crippen LogP contribution in [0.15, 0.2) is 27.5 Å². The zero-order valence-corrected chi connectivity index (χ0v) is 8.51. The summed E-state index contributed by atoms with van der Waals surface area (Å²) in [6.45, 7) is 1.95. The molecule has 0 saturated carbocycles. The van der Waals surface area contributed by atoms with Crippen LogP contribution < -0.4 is 5.73 Å². The van der Waals surface area contributed by atoms with E-state index >= 15 is 0 Å². The van der Waals surface area contributed by atoms with Crippen LogP contribution in [0.3, 0.4) is 0 Å². The third kappa shape index (κ3) is 2.44. The second kappa shape index (κ2) is 4.27. The fraction of sp³-hybridized carbons (Fsp3) is 0.400. The Morgan fingerprint density at radius 1 is 1.53 bits per heavy atom. The minimum atomic E-state index is 0.147. The van der Waals surface area contributed by atoms with Crippen LogP contribution in [-0.4, -0.2) is 16.2 Å². The molecular weight excluding hydrogens is 194 g/mol. The largest absolute Gasteiger partial charge is 0.472 e. The molecular formula is C10H13N3O2. The van der Waals surface area contributed by atoms with Crippen molar-refractivity contribution in [1.29, 1.82) is 0 Å². The minimum Gasteiger partial charge on any atom is -0.472 e. The van der Waals surface area contributed by atoms with E-state index in [0.717, 1.165) is 12.0 Å². The molecule has 0 radical (unpaired) electrons. The second-order valence-electron chi connectivity index (χ2n) is 3.54. The number of nitrogens with two attached hydrogens (primary N) is 1. The van der Waals surface area contributed by atoms with E-state index in [1.54, 1.807) is 18.6 Å². The van der Waals surface area contributed by atoms with Gasteiger partial charge in [-0.15, -0.1) is 0 Å². The molecule has 2 heterocycles. The summed E-state index contributed by atoms with van der Waals surface area (Å²) in [6, 6.07) is 1.94. The maximum atomic E-state index is 5.64. The molecule has 0 bridgehead atoms. The van der Waals surface area contributed by atoms with E-state index in [1.807, 2.05) is 6.92 Å². The van der Waals surface area contributed by atoms with E-state index in [2.05, 4.69) is 10.1 Å². The Labute approximate surface area is 87.3 Å². The molecule has 1 unspecified atom stereocenters. The molecule has 2 rings (SSSR count). The van der Waals surface area contributed by atoms with Crippen LogP contribution >= 0.6 is 0 Å². The lowest BCUT2D eigenvalue weighted by atomic mass is 10.2. The molecule has 0 aliphatic heterocycles. The number of aryl methyl sites for hydroxylation is 1. The van der Waals surface area contributed by atoms with Crippen molar-refractivity contribution in [1.82, 2.24) is 10.1 Å². The molecule has 2 aromatic rings. The average molecular weight is 207 g/mol. The lowest BCUT2D eigenvalue weighted by Crippen LogP contribution is -2.15. The molecule has 0 spiro atoms. The molecule has 0 aliphatic carbocycles. The van der Waals surface area contributed by atoms with Crippen molar-refractivity contribution in [3.63, 3.8) is 0 Å². The summed E-state index contributed by atoms with van der Waals surface area (Å²) in [5, 5.41) is 3.85. The van der Waals surface area contributed by atoms with Crippen molar-refractivity contribution in [2.75, 3.05) is 0 Å². The van der Waals surface area contributed by atoms with Crippen molar-refractivity contribution in [3.05, 3.63) is 24.5 Å². The van der Waals surface area contributed by atoms with E-state index in [4.69, 9.17) is 14.7 Å². The maximum Gasteiger partial charge on any atom is 0.227 e.